The van der Waals surface area contributed by atoms with Gasteiger partial charge in [0.05, 0.1) is 4.90 Å². The Hall–Kier alpha value is -3.17. The number of anilines is 1. The van der Waals surface area contributed by atoms with Crippen LogP contribution in [0, 0.1) is 6.92 Å². The normalized spacial score (nSPS) is 12.5. The maximum absolute atomic E-state index is 12.4. The van der Waals surface area contributed by atoms with Crippen LogP contribution < -0.4 is 10.5 Å². The molecular formula is C19H18N2O6S. The Kier molecular flexibility index (Phi) is 5.21. The summed E-state index contributed by atoms with van der Waals surface area (Å²) in [7, 11) is -3.82. The average Bonchev–Trinajstić information content (AvgIpc) is 2.98. The number of primary sulfonamides is 1. The van der Waals surface area contributed by atoms with Crippen LogP contribution in [0.2, 0.25) is 0 Å². The third-order valence-electron chi connectivity index (χ3n) is 4.13. The number of furan rings is 1. The molecule has 3 aromatic rings. The second-order valence-electron chi connectivity index (χ2n) is 6.16. The summed E-state index contributed by atoms with van der Waals surface area (Å²) in [5.41, 5.74) is 1.52. The van der Waals surface area contributed by atoms with E-state index in [0.29, 0.717) is 16.8 Å². The van der Waals surface area contributed by atoms with Crippen LogP contribution in [0.1, 0.15) is 23.0 Å². The highest BCUT2D eigenvalue weighted by Gasteiger charge is 2.24. The van der Waals surface area contributed by atoms with Crippen molar-refractivity contribution in [3.05, 3.63) is 59.9 Å². The molecule has 0 spiro atoms. The molecule has 146 valence electrons. The van der Waals surface area contributed by atoms with Crippen molar-refractivity contribution >= 4 is 38.6 Å². The first-order chi connectivity index (χ1) is 13.2. The predicted molar refractivity (Wildman–Crippen MR) is 102 cm³/mol. The third-order valence-corrected chi connectivity index (χ3v) is 5.06. The van der Waals surface area contributed by atoms with Gasteiger partial charge in [0.15, 0.2) is 6.10 Å². The summed E-state index contributed by atoms with van der Waals surface area (Å²) in [6.45, 7) is 3.16. The molecule has 1 aromatic heterocycles. The SMILES string of the molecule is Cc1c(C(=O)OC(C)C(=O)Nc2ccc(S(N)(=O)=O)cc2)oc2ccccc12. The number of nitrogens with two attached hydrogens (primary N) is 1. The molecule has 1 amide bonds. The smallest absolute Gasteiger partial charge is 0.375 e. The molecular weight excluding hydrogens is 384 g/mol. The van der Waals surface area contributed by atoms with Gasteiger partial charge in [0.25, 0.3) is 5.91 Å². The average molecular weight is 402 g/mol. The number of rotatable bonds is 5. The van der Waals surface area contributed by atoms with E-state index < -0.39 is 28.0 Å². The Morgan fingerprint density at radius 3 is 2.36 bits per heavy atom. The highest BCUT2D eigenvalue weighted by atomic mass is 32.2. The van der Waals surface area contributed by atoms with Crippen LogP contribution in [0.25, 0.3) is 11.0 Å². The molecule has 8 nitrogen and oxygen atoms in total. The molecule has 1 atom stereocenters. The molecule has 0 aliphatic rings. The summed E-state index contributed by atoms with van der Waals surface area (Å²) in [4.78, 5) is 24.6. The lowest BCUT2D eigenvalue weighted by Gasteiger charge is -2.13. The fourth-order valence-corrected chi connectivity index (χ4v) is 3.12. The van der Waals surface area contributed by atoms with Crippen molar-refractivity contribution in [3.8, 4) is 0 Å². The number of carbonyl (C=O) groups excluding carboxylic acids is 2. The van der Waals surface area contributed by atoms with Crippen molar-refractivity contribution in [1.29, 1.82) is 0 Å². The maximum atomic E-state index is 12.4. The first kappa shape index (κ1) is 19.6. The van der Waals surface area contributed by atoms with Crippen LogP contribution in [-0.4, -0.2) is 26.4 Å². The minimum atomic E-state index is -3.82. The molecule has 28 heavy (non-hydrogen) atoms. The Morgan fingerprint density at radius 2 is 1.75 bits per heavy atom. The van der Waals surface area contributed by atoms with Gasteiger partial charge < -0.3 is 14.5 Å². The van der Waals surface area contributed by atoms with E-state index in [1.807, 2.05) is 12.1 Å². The fourth-order valence-electron chi connectivity index (χ4n) is 2.61. The maximum Gasteiger partial charge on any atom is 0.375 e. The molecule has 9 heteroatoms. The quantitative estimate of drug-likeness (QED) is 0.631. The lowest BCUT2D eigenvalue weighted by molar-refractivity contribution is -0.123. The van der Waals surface area contributed by atoms with E-state index in [2.05, 4.69) is 5.32 Å². The molecule has 0 saturated heterocycles. The number of para-hydroxylation sites is 1. The Morgan fingerprint density at radius 1 is 1.11 bits per heavy atom. The number of nitrogens with one attached hydrogen (secondary N) is 1. The standard InChI is InChI=1S/C19H18N2O6S/c1-11-15-5-3-4-6-16(15)27-17(11)19(23)26-12(2)18(22)21-13-7-9-14(10-8-13)28(20,24)25/h3-10,12H,1-2H3,(H,21,22)(H2,20,24,25). The van der Waals surface area contributed by atoms with Crippen LogP contribution in [0.15, 0.2) is 57.8 Å². The molecule has 0 aliphatic carbocycles. The van der Waals surface area contributed by atoms with Crippen LogP contribution in [0.4, 0.5) is 5.69 Å². The van der Waals surface area contributed by atoms with Gasteiger partial charge in [0.2, 0.25) is 15.8 Å². The summed E-state index contributed by atoms with van der Waals surface area (Å²) in [6.07, 6.45) is -1.10. The van der Waals surface area contributed by atoms with E-state index in [9.17, 15) is 18.0 Å². The number of hydrogen-bond acceptors (Lipinski definition) is 6. The molecule has 3 rings (SSSR count). The summed E-state index contributed by atoms with van der Waals surface area (Å²) >= 11 is 0. The monoisotopic (exact) mass is 402 g/mol. The summed E-state index contributed by atoms with van der Waals surface area (Å²) < 4.78 is 33.2. The number of aryl methyl sites for hydroxylation is 1. The van der Waals surface area contributed by atoms with Gasteiger partial charge in [-0.1, -0.05) is 18.2 Å². The summed E-state index contributed by atoms with van der Waals surface area (Å²) in [5.74, 6) is -1.29. The van der Waals surface area contributed by atoms with Crippen molar-refractivity contribution in [1.82, 2.24) is 0 Å². The van der Waals surface area contributed by atoms with E-state index in [-0.39, 0.29) is 10.7 Å². The summed E-state index contributed by atoms with van der Waals surface area (Å²) in [5, 5.41) is 8.35. The highest BCUT2D eigenvalue weighted by molar-refractivity contribution is 7.89. The number of amides is 1. The second-order valence-corrected chi connectivity index (χ2v) is 7.72. The Labute approximate surface area is 161 Å². The predicted octanol–water partition coefficient (Wildman–Crippen LogP) is 2.57. The number of esters is 1. The number of ether oxygens (including phenoxy) is 1. The molecule has 0 aliphatic heterocycles. The van der Waals surface area contributed by atoms with Crippen LogP contribution in [-0.2, 0) is 19.6 Å². The van der Waals surface area contributed by atoms with Gasteiger partial charge in [0, 0.05) is 16.6 Å². The molecule has 1 heterocycles. The molecule has 0 bridgehead atoms. The zero-order chi connectivity index (χ0) is 20.5. The minimum Gasteiger partial charge on any atom is -0.449 e. The van der Waals surface area contributed by atoms with Crippen molar-refractivity contribution in [2.45, 2.75) is 24.8 Å². The van der Waals surface area contributed by atoms with E-state index >= 15 is 0 Å². The van der Waals surface area contributed by atoms with E-state index in [4.69, 9.17) is 14.3 Å². The Balaban J connectivity index is 1.68. The first-order valence-electron chi connectivity index (χ1n) is 8.29. The largest absolute Gasteiger partial charge is 0.449 e. The zero-order valence-electron chi connectivity index (χ0n) is 15.1. The lowest BCUT2D eigenvalue weighted by atomic mass is 10.1. The minimum absolute atomic E-state index is 0.0401. The summed E-state index contributed by atoms with van der Waals surface area (Å²) in [6, 6.07) is 12.5. The molecule has 3 N–H and O–H groups in total. The van der Waals surface area contributed by atoms with Crippen molar-refractivity contribution in [2.24, 2.45) is 5.14 Å². The zero-order valence-corrected chi connectivity index (χ0v) is 15.9. The number of hydrogen-bond donors (Lipinski definition) is 2. The highest BCUT2D eigenvalue weighted by Crippen LogP contribution is 2.25. The number of fused-ring (bicyclic) bond motifs is 1. The molecule has 0 radical (unpaired) electrons. The van der Waals surface area contributed by atoms with Gasteiger partial charge in [-0.3, -0.25) is 4.79 Å². The number of benzene rings is 2. The van der Waals surface area contributed by atoms with E-state index in [0.717, 1.165) is 5.39 Å². The van der Waals surface area contributed by atoms with Gasteiger partial charge in [0.1, 0.15) is 5.58 Å². The second kappa shape index (κ2) is 7.45. The molecule has 0 saturated carbocycles. The van der Waals surface area contributed by atoms with Crippen LogP contribution in [0.5, 0.6) is 0 Å². The molecule has 2 aromatic carbocycles. The van der Waals surface area contributed by atoms with Crippen molar-refractivity contribution in [2.75, 3.05) is 5.32 Å². The lowest BCUT2D eigenvalue weighted by Crippen LogP contribution is -2.30. The molecule has 0 fully saturated rings. The van der Waals surface area contributed by atoms with Crippen molar-refractivity contribution in [3.63, 3.8) is 0 Å². The number of carbonyl (C=O) groups is 2. The van der Waals surface area contributed by atoms with Gasteiger partial charge in [-0.05, 0) is 44.2 Å². The van der Waals surface area contributed by atoms with Gasteiger partial charge in [-0.25, -0.2) is 18.4 Å². The number of sulfonamides is 1. The first-order valence-corrected chi connectivity index (χ1v) is 9.84. The molecule has 1 unspecified atom stereocenters. The van der Waals surface area contributed by atoms with E-state index in [1.54, 1.807) is 19.1 Å². The fraction of sp³-hybridized carbons (Fsp3) is 0.158. The van der Waals surface area contributed by atoms with Gasteiger partial charge in [-0.15, -0.1) is 0 Å². The van der Waals surface area contributed by atoms with Crippen LogP contribution in [0.3, 0.4) is 0 Å². The third kappa shape index (κ3) is 4.05. The van der Waals surface area contributed by atoms with Crippen molar-refractivity contribution < 1.29 is 27.2 Å². The van der Waals surface area contributed by atoms with Gasteiger partial charge in [-0.2, -0.15) is 0 Å². The Bertz CT molecular complexity index is 1150. The van der Waals surface area contributed by atoms with E-state index in [1.165, 1.54) is 31.2 Å². The topological polar surface area (TPSA) is 129 Å². The van der Waals surface area contributed by atoms with Crippen LogP contribution >= 0.6 is 0 Å². The van der Waals surface area contributed by atoms with Gasteiger partial charge >= 0.3 is 5.97 Å².